The van der Waals surface area contributed by atoms with E-state index in [4.69, 9.17) is 22.3 Å². The molecule has 0 bridgehead atoms. The first-order valence-electron chi connectivity index (χ1n) is 7.29. The number of hydrogen-bond acceptors (Lipinski definition) is 7. The molecule has 0 heterocycles. The Morgan fingerprint density at radius 2 is 1.56 bits per heavy atom. The van der Waals surface area contributed by atoms with Crippen LogP contribution in [-0.2, 0) is 24.0 Å². The van der Waals surface area contributed by atoms with Crippen LogP contribution in [0.3, 0.4) is 0 Å². The lowest BCUT2D eigenvalue weighted by molar-refractivity contribution is -0.145. The fourth-order valence-corrected chi connectivity index (χ4v) is 1.79. The van der Waals surface area contributed by atoms with E-state index in [1.54, 1.807) is 0 Å². The van der Waals surface area contributed by atoms with Crippen molar-refractivity contribution >= 4 is 29.6 Å². The number of carbonyl (C=O) groups excluding carboxylic acids is 4. The zero-order chi connectivity index (χ0) is 19.7. The van der Waals surface area contributed by atoms with Crippen molar-refractivity contribution in [3.05, 3.63) is 0 Å². The molecule has 10 N–H and O–H groups in total. The summed E-state index contributed by atoms with van der Waals surface area (Å²) in [6, 6.07) is -4.30. The van der Waals surface area contributed by atoms with Crippen molar-refractivity contribution in [1.82, 2.24) is 10.6 Å². The van der Waals surface area contributed by atoms with Crippen LogP contribution in [0.5, 0.6) is 0 Å². The Bertz CT molecular complexity index is 537. The predicted molar refractivity (Wildman–Crippen MR) is 83.4 cm³/mol. The van der Waals surface area contributed by atoms with E-state index in [1.165, 1.54) is 0 Å². The first-order chi connectivity index (χ1) is 11.5. The van der Waals surface area contributed by atoms with E-state index in [9.17, 15) is 29.1 Å². The van der Waals surface area contributed by atoms with Gasteiger partial charge in [0, 0.05) is 6.42 Å². The van der Waals surface area contributed by atoms with Gasteiger partial charge in [-0.05, 0) is 13.3 Å². The number of amides is 4. The second-order valence-electron chi connectivity index (χ2n) is 5.41. The molecule has 0 rings (SSSR count). The van der Waals surface area contributed by atoms with Crippen LogP contribution in [0.25, 0.3) is 0 Å². The number of hydrogen-bond donors (Lipinski definition) is 7. The van der Waals surface area contributed by atoms with Crippen molar-refractivity contribution in [3.8, 4) is 0 Å². The monoisotopic (exact) mass is 361 g/mol. The van der Waals surface area contributed by atoms with Crippen LogP contribution < -0.4 is 27.8 Å². The molecular formula is C13H23N5O7. The predicted octanol–water partition coefficient (Wildman–Crippen LogP) is -4.11. The van der Waals surface area contributed by atoms with Crippen molar-refractivity contribution < 1.29 is 34.2 Å². The maximum Gasteiger partial charge on any atom is 0.328 e. The third kappa shape index (κ3) is 8.62. The molecule has 0 fully saturated rings. The molecule has 25 heavy (non-hydrogen) atoms. The van der Waals surface area contributed by atoms with Crippen LogP contribution in [0.1, 0.15) is 26.2 Å². The first kappa shape index (κ1) is 22.3. The fraction of sp³-hybridized carbons (Fsp3) is 0.615. The fourth-order valence-electron chi connectivity index (χ4n) is 1.79. The summed E-state index contributed by atoms with van der Waals surface area (Å²) in [7, 11) is 0. The van der Waals surface area contributed by atoms with Crippen LogP contribution in [0, 0.1) is 0 Å². The van der Waals surface area contributed by atoms with Gasteiger partial charge in [-0.2, -0.15) is 0 Å². The number of carboxylic acid groups (broad SMARTS) is 1. The van der Waals surface area contributed by atoms with Gasteiger partial charge >= 0.3 is 5.97 Å². The molecule has 12 nitrogen and oxygen atoms in total. The van der Waals surface area contributed by atoms with E-state index in [0.717, 1.165) is 6.92 Å². The molecule has 0 saturated carbocycles. The highest BCUT2D eigenvalue weighted by molar-refractivity contribution is 5.93. The third-order valence-corrected chi connectivity index (χ3v) is 3.12. The maximum absolute atomic E-state index is 12.2. The highest BCUT2D eigenvalue weighted by Gasteiger charge is 2.30. The minimum absolute atomic E-state index is 0.234. The number of nitrogens with two attached hydrogens (primary N) is 3. The number of nitrogens with one attached hydrogen (secondary N) is 2. The van der Waals surface area contributed by atoms with E-state index in [0.29, 0.717) is 0 Å². The van der Waals surface area contributed by atoms with E-state index >= 15 is 0 Å². The number of carboxylic acids is 1. The summed E-state index contributed by atoms with van der Waals surface area (Å²) in [6.45, 7) is 1.15. The quantitative estimate of drug-likeness (QED) is 0.191. The van der Waals surface area contributed by atoms with Gasteiger partial charge in [0.05, 0.1) is 18.6 Å². The number of aliphatic hydroxyl groups excluding tert-OH is 1. The summed E-state index contributed by atoms with van der Waals surface area (Å²) in [5.74, 6) is -4.94. The van der Waals surface area contributed by atoms with Crippen molar-refractivity contribution in [3.63, 3.8) is 0 Å². The van der Waals surface area contributed by atoms with Crippen LogP contribution in [-0.4, -0.2) is 64.0 Å². The first-order valence-corrected chi connectivity index (χ1v) is 7.29. The highest BCUT2D eigenvalue weighted by atomic mass is 16.4. The van der Waals surface area contributed by atoms with E-state index < -0.39 is 60.2 Å². The zero-order valence-corrected chi connectivity index (χ0v) is 13.6. The molecular weight excluding hydrogens is 338 g/mol. The van der Waals surface area contributed by atoms with Crippen molar-refractivity contribution in [1.29, 1.82) is 0 Å². The third-order valence-electron chi connectivity index (χ3n) is 3.12. The zero-order valence-electron chi connectivity index (χ0n) is 13.6. The van der Waals surface area contributed by atoms with Gasteiger partial charge < -0.3 is 38.0 Å². The highest BCUT2D eigenvalue weighted by Crippen LogP contribution is 2.02. The summed E-state index contributed by atoms with van der Waals surface area (Å²) in [4.78, 5) is 56.7. The molecule has 4 unspecified atom stereocenters. The molecule has 142 valence electrons. The van der Waals surface area contributed by atoms with Gasteiger partial charge in [-0.15, -0.1) is 0 Å². The number of primary amides is 2. The molecule has 0 spiro atoms. The van der Waals surface area contributed by atoms with Crippen LogP contribution in [0.4, 0.5) is 0 Å². The summed E-state index contributed by atoms with van der Waals surface area (Å²) in [5, 5.41) is 22.6. The lowest BCUT2D eigenvalue weighted by Gasteiger charge is -2.23. The van der Waals surface area contributed by atoms with Gasteiger partial charge in [-0.3, -0.25) is 19.2 Å². The topological polar surface area (TPSA) is 228 Å². The second kappa shape index (κ2) is 10.2. The van der Waals surface area contributed by atoms with Crippen molar-refractivity contribution in [2.75, 3.05) is 0 Å². The molecule has 0 aliphatic rings. The molecule has 0 radical (unpaired) electrons. The number of aliphatic carboxylic acids is 1. The normalized spacial score (nSPS) is 15.3. The van der Waals surface area contributed by atoms with E-state index in [1.807, 2.05) is 5.32 Å². The molecule has 0 saturated heterocycles. The second-order valence-corrected chi connectivity index (χ2v) is 5.41. The minimum atomic E-state index is -1.63. The summed E-state index contributed by atoms with van der Waals surface area (Å²) < 4.78 is 0. The van der Waals surface area contributed by atoms with Gasteiger partial charge in [-0.25, -0.2) is 4.79 Å². The molecule has 0 aromatic carbocycles. The SMILES string of the molecule is CC(O)C(NC(=O)C(CCC(N)=O)NC(=O)C(N)CC(N)=O)C(=O)O. The molecule has 0 aromatic heterocycles. The Morgan fingerprint density at radius 3 is 1.96 bits per heavy atom. The summed E-state index contributed by atoms with van der Waals surface area (Å²) >= 11 is 0. The Hall–Kier alpha value is -2.73. The average Bonchev–Trinajstić information content (AvgIpc) is 2.46. The molecule has 4 atom stereocenters. The average molecular weight is 361 g/mol. The molecule has 12 heteroatoms. The molecule has 4 amide bonds. The number of carbonyl (C=O) groups is 5. The Balaban J connectivity index is 5.10. The number of rotatable bonds is 11. The van der Waals surface area contributed by atoms with Gasteiger partial charge in [0.25, 0.3) is 0 Å². The van der Waals surface area contributed by atoms with Gasteiger partial charge in [-0.1, -0.05) is 0 Å². The Labute approximate surface area is 143 Å². The smallest absolute Gasteiger partial charge is 0.328 e. The van der Waals surface area contributed by atoms with Crippen LogP contribution >= 0.6 is 0 Å². The van der Waals surface area contributed by atoms with E-state index in [-0.39, 0.29) is 12.8 Å². The molecule has 0 aliphatic carbocycles. The lowest BCUT2D eigenvalue weighted by atomic mass is 10.1. The molecule has 0 aliphatic heterocycles. The standard InChI is InChI=1S/C13H23N5O7/c1-5(19)10(13(24)25)18-12(23)7(2-3-8(15)20)17-11(22)6(14)4-9(16)21/h5-7,10,19H,2-4,14H2,1H3,(H2,15,20)(H2,16,21)(H,17,22)(H,18,23)(H,24,25). The number of aliphatic hydroxyl groups is 1. The van der Waals surface area contributed by atoms with E-state index in [2.05, 4.69) is 5.32 Å². The molecule has 0 aromatic rings. The largest absolute Gasteiger partial charge is 0.480 e. The minimum Gasteiger partial charge on any atom is -0.480 e. The van der Waals surface area contributed by atoms with Gasteiger partial charge in [0.2, 0.25) is 23.6 Å². The summed E-state index contributed by atoms with van der Waals surface area (Å²) in [5.41, 5.74) is 15.4. The Morgan fingerprint density at radius 1 is 1.00 bits per heavy atom. The summed E-state index contributed by atoms with van der Waals surface area (Å²) in [6.07, 6.45) is -2.40. The van der Waals surface area contributed by atoms with Crippen LogP contribution in [0.2, 0.25) is 0 Å². The lowest BCUT2D eigenvalue weighted by Crippen LogP contribution is -2.56. The van der Waals surface area contributed by atoms with Crippen molar-refractivity contribution in [2.45, 2.75) is 50.4 Å². The van der Waals surface area contributed by atoms with Crippen LogP contribution in [0.15, 0.2) is 0 Å². The van der Waals surface area contributed by atoms with Gasteiger partial charge in [0.15, 0.2) is 6.04 Å². The van der Waals surface area contributed by atoms with Crippen molar-refractivity contribution in [2.24, 2.45) is 17.2 Å². The Kier molecular flexibility index (Phi) is 9.09. The maximum atomic E-state index is 12.2. The van der Waals surface area contributed by atoms with Gasteiger partial charge in [0.1, 0.15) is 6.04 Å².